The van der Waals surface area contributed by atoms with Crippen LogP contribution in [-0.2, 0) is 6.54 Å². The van der Waals surface area contributed by atoms with Gasteiger partial charge < -0.3 is 5.32 Å². The van der Waals surface area contributed by atoms with Crippen LogP contribution in [0.3, 0.4) is 0 Å². The third kappa shape index (κ3) is 4.34. The molecule has 3 aromatic rings. The zero-order valence-electron chi connectivity index (χ0n) is 17.4. The van der Waals surface area contributed by atoms with Gasteiger partial charge in [-0.25, -0.2) is 9.36 Å². The summed E-state index contributed by atoms with van der Waals surface area (Å²) in [6.45, 7) is 4.68. The molecule has 1 aliphatic rings. The van der Waals surface area contributed by atoms with E-state index in [9.17, 15) is 4.79 Å². The molecule has 0 aliphatic heterocycles. The first kappa shape index (κ1) is 20.0. The highest BCUT2D eigenvalue weighted by Crippen LogP contribution is 2.27. The molecule has 1 aliphatic carbocycles. The Morgan fingerprint density at radius 2 is 1.90 bits per heavy atom. The van der Waals surface area contributed by atoms with Gasteiger partial charge in [0.25, 0.3) is 5.56 Å². The summed E-state index contributed by atoms with van der Waals surface area (Å²) in [7, 11) is 0. The zero-order valence-corrected chi connectivity index (χ0v) is 17.4. The Labute approximate surface area is 176 Å². The minimum absolute atomic E-state index is 0.0648. The first-order valence-electron chi connectivity index (χ1n) is 10.4. The van der Waals surface area contributed by atoms with Gasteiger partial charge in [-0.1, -0.05) is 12.1 Å². The van der Waals surface area contributed by atoms with Crippen molar-refractivity contribution in [3.8, 4) is 11.9 Å². The molecule has 30 heavy (non-hydrogen) atoms. The fourth-order valence-electron chi connectivity index (χ4n) is 4.19. The Balaban J connectivity index is 1.40. The minimum Gasteiger partial charge on any atom is -0.310 e. The van der Waals surface area contributed by atoms with E-state index < -0.39 is 0 Å². The number of nitrogens with zero attached hydrogens (tertiary/aromatic N) is 5. The van der Waals surface area contributed by atoms with Gasteiger partial charge >= 0.3 is 0 Å². The molecule has 0 amide bonds. The van der Waals surface area contributed by atoms with Gasteiger partial charge in [0.2, 0.25) is 0 Å². The first-order valence-corrected chi connectivity index (χ1v) is 10.4. The van der Waals surface area contributed by atoms with Crippen LogP contribution in [0.15, 0.2) is 47.3 Å². The van der Waals surface area contributed by atoms with Crippen molar-refractivity contribution in [2.75, 3.05) is 0 Å². The number of hydrogen-bond acceptors (Lipinski definition) is 5. The van der Waals surface area contributed by atoms with Gasteiger partial charge in [-0.05, 0) is 69.4 Å². The Morgan fingerprint density at radius 1 is 1.10 bits per heavy atom. The average Bonchev–Trinajstić information content (AvgIpc) is 3.11. The van der Waals surface area contributed by atoms with E-state index in [4.69, 9.17) is 5.26 Å². The predicted octanol–water partition coefficient (Wildman–Crippen LogP) is 3.19. The summed E-state index contributed by atoms with van der Waals surface area (Å²) < 4.78 is 3.42. The SMILES string of the molecule is Cc1cc(C)n(-c2ccc(=O)n(C3CCC(NCc4cccc(C#N)c4)CC3)n2)n1. The lowest BCUT2D eigenvalue weighted by Crippen LogP contribution is -2.36. The first-order chi connectivity index (χ1) is 14.5. The maximum Gasteiger partial charge on any atom is 0.267 e. The topological polar surface area (TPSA) is 88.5 Å². The van der Waals surface area contributed by atoms with E-state index in [0.29, 0.717) is 17.4 Å². The molecule has 0 spiro atoms. The fraction of sp³-hybridized carbons (Fsp3) is 0.391. The van der Waals surface area contributed by atoms with Crippen LogP contribution < -0.4 is 10.9 Å². The van der Waals surface area contributed by atoms with E-state index >= 15 is 0 Å². The van der Waals surface area contributed by atoms with Crippen LogP contribution in [0.25, 0.3) is 5.82 Å². The van der Waals surface area contributed by atoms with Crippen LogP contribution in [0.2, 0.25) is 0 Å². The van der Waals surface area contributed by atoms with Gasteiger partial charge in [0.05, 0.1) is 23.4 Å². The third-order valence-electron chi connectivity index (χ3n) is 5.73. The van der Waals surface area contributed by atoms with Gasteiger partial charge in [0, 0.05) is 24.3 Å². The summed E-state index contributed by atoms with van der Waals surface area (Å²) in [4.78, 5) is 12.5. The number of aromatic nitrogens is 4. The van der Waals surface area contributed by atoms with Crippen molar-refractivity contribution in [3.63, 3.8) is 0 Å². The fourth-order valence-corrected chi connectivity index (χ4v) is 4.19. The predicted molar refractivity (Wildman–Crippen MR) is 114 cm³/mol. The number of aryl methyl sites for hydroxylation is 2. The Morgan fingerprint density at radius 3 is 2.60 bits per heavy atom. The van der Waals surface area contributed by atoms with E-state index in [1.807, 2.05) is 44.2 Å². The van der Waals surface area contributed by atoms with Gasteiger partial charge in [-0.2, -0.15) is 10.4 Å². The highest BCUT2D eigenvalue weighted by Gasteiger charge is 2.24. The lowest BCUT2D eigenvalue weighted by molar-refractivity contribution is 0.268. The summed E-state index contributed by atoms with van der Waals surface area (Å²) in [6, 6.07) is 15.7. The summed E-state index contributed by atoms with van der Waals surface area (Å²) >= 11 is 0. The van der Waals surface area contributed by atoms with E-state index in [-0.39, 0.29) is 11.6 Å². The van der Waals surface area contributed by atoms with E-state index in [0.717, 1.165) is 49.2 Å². The molecule has 7 heteroatoms. The van der Waals surface area contributed by atoms with Crippen LogP contribution >= 0.6 is 0 Å². The van der Waals surface area contributed by atoms with Crippen molar-refractivity contribution in [1.82, 2.24) is 24.9 Å². The van der Waals surface area contributed by atoms with Crippen LogP contribution in [-0.4, -0.2) is 25.6 Å². The van der Waals surface area contributed by atoms with Gasteiger partial charge in [-0.3, -0.25) is 4.79 Å². The molecule has 2 aromatic heterocycles. The van der Waals surface area contributed by atoms with Crippen LogP contribution in [0.5, 0.6) is 0 Å². The van der Waals surface area contributed by atoms with Crippen molar-refractivity contribution in [1.29, 1.82) is 5.26 Å². The van der Waals surface area contributed by atoms with Gasteiger partial charge in [-0.15, -0.1) is 5.10 Å². The monoisotopic (exact) mass is 402 g/mol. The molecule has 1 saturated carbocycles. The highest BCUT2D eigenvalue weighted by atomic mass is 16.1. The maximum atomic E-state index is 12.5. The average molecular weight is 403 g/mol. The molecule has 154 valence electrons. The smallest absolute Gasteiger partial charge is 0.267 e. The van der Waals surface area contributed by atoms with Crippen LogP contribution in [0.4, 0.5) is 0 Å². The van der Waals surface area contributed by atoms with Crippen molar-refractivity contribution >= 4 is 0 Å². The van der Waals surface area contributed by atoms with Crippen molar-refractivity contribution in [2.24, 2.45) is 0 Å². The minimum atomic E-state index is -0.0648. The second-order valence-corrected chi connectivity index (χ2v) is 8.01. The Kier molecular flexibility index (Phi) is 5.77. The number of rotatable bonds is 5. The third-order valence-corrected chi connectivity index (χ3v) is 5.73. The van der Waals surface area contributed by atoms with E-state index in [1.54, 1.807) is 21.5 Å². The molecule has 1 N–H and O–H groups in total. The van der Waals surface area contributed by atoms with Crippen molar-refractivity contribution in [3.05, 3.63) is 75.3 Å². The molecular formula is C23H26N6O. The maximum absolute atomic E-state index is 12.5. The quantitative estimate of drug-likeness (QED) is 0.708. The summed E-state index contributed by atoms with van der Waals surface area (Å²) in [6.07, 6.45) is 3.79. The Bertz CT molecular complexity index is 1130. The van der Waals surface area contributed by atoms with E-state index in [1.165, 1.54) is 0 Å². The van der Waals surface area contributed by atoms with Crippen LogP contribution in [0, 0.1) is 25.2 Å². The molecule has 0 radical (unpaired) electrons. The van der Waals surface area contributed by atoms with Gasteiger partial charge in [0.1, 0.15) is 0 Å². The summed E-state index contributed by atoms with van der Waals surface area (Å²) in [5.41, 5.74) is 3.67. The molecule has 1 aromatic carbocycles. The summed E-state index contributed by atoms with van der Waals surface area (Å²) in [5.74, 6) is 0.679. The standard InChI is InChI=1S/C23H26N6O/c1-16-12-17(2)28(26-16)22-10-11-23(30)29(27-22)21-8-6-20(7-9-21)25-15-19-5-3-4-18(13-19)14-24/h3-5,10-13,20-21,25H,6-9,15H2,1-2H3. The molecule has 0 atom stereocenters. The lowest BCUT2D eigenvalue weighted by atomic mass is 9.91. The second kappa shape index (κ2) is 8.64. The normalized spacial score (nSPS) is 18.8. The van der Waals surface area contributed by atoms with E-state index in [2.05, 4.69) is 21.6 Å². The molecule has 7 nitrogen and oxygen atoms in total. The van der Waals surface area contributed by atoms with Crippen molar-refractivity contribution in [2.45, 2.75) is 58.2 Å². The van der Waals surface area contributed by atoms with Gasteiger partial charge in [0.15, 0.2) is 5.82 Å². The molecule has 1 fully saturated rings. The largest absolute Gasteiger partial charge is 0.310 e. The number of hydrogen-bond donors (Lipinski definition) is 1. The molecule has 0 unspecified atom stereocenters. The highest BCUT2D eigenvalue weighted by molar-refractivity contribution is 5.32. The molecule has 2 heterocycles. The lowest BCUT2D eigenvalue weighted by Gasteiger charge is -2.29. The Hall–Kier alpha value is -3.24. The summed E-state index contributed by atoms with van der Waals surface area (Å²) in [5, 5.41) is 21.7. The zero-order chi connectivity index (χ0) is 21.1. The molecular weight excluding hydrogens is 376 g/mol. The van der Waals surface area contributed by atoms with Crippen molar-refractivity contribution < 1.29 is 0 Å². The number of benzene rings is 1. The number of nitrogens with one attached hydrogen (secondary N) is 1. The molecule has 0 bridgehead atoms. The number of nitriles is 1. The second-order valence-electron chi connectivity index (χ2n) is 8.01. The molecule has 0 saturated heterocycles. The van der Waals surface area contributed by atoms with Crippen LogP contribution in [0.1, 0.15) is 54.2 Å². The molecule has 4 rings (SSSR count).